The van der Waals surface area contributed by atoms with Crippen LogP contribution in [0.1, 0.15) is 27.7 Å². The highest BCUT2D eigenvalue weighted by atomic mass is 19.4. The van der Waals surface area contributed by atoms with Crippen molar-refractivity contribution in [2.45, 2.75) is 26.8 Å². The molecule has 0 unspecified atom stereocenters. The molecule has 8 heteroatoms. The molecule has 0 saturated carbocycles. The number of oxazole rings is 1. The first-order valence-corrected chi connectivity index (χ1v) is 6.31. The Labute approximate surface area is 124 Å². The molecule has 2 aromatic rings. The van der Waals surface area contributed by atoms with Crippen molar-refractivity contribution >= 4 is 5.91 Å². The first-order valence-electron chi connectivity index (χ1n) is 6.31. The van der Waals surface area contributed by atoms with Crippen molar-refractivity contribution in [3.05, 3.63) is 47.2 Å². The van der Waals surface area contributed by atoms with Crippen molar-refractivity contribution in [2.75, 3.05) is 0 Å². The molecule has 0 fully saturated rings. The van der Waals surface area contributed by atoms with Crippen LogP contribution in [0.3, 0.4) is 0 Å². The highest BCUT2D eigenvalue weighted by molar-refractivity contribution is 5.94. The van der Waals surface area contributed by atoms with Crippen molar-refractivity contribution in [1.82, 2.24) is 10.3 Å². The van der Waals surface area contributed by atoms with Gasteiger partial charge in [-0.1, -0.05) is 0 Å². The van der Waals surface area contributed by atoms with E-state index in [9.17, 15) is 18.0 Å². The number of carbonyl (C=O) groups is 1. The van der Waals surface area contributed by atoms with E-state index >= 15 is 0 Å². The van der Waals surface area contributed by atoms with E-state index in [0.717, 1.165) is 17.8 Å². The van der Waals surface area contributed by atoms with E-state index in [1.54, 1.807) is 13.8 Å². The van der Waals surface area contributed by atoms with Crippen LogP contribution in [0.25, 0.3) is 0 Å². The predicted molar refractivity (Wildman–Crippen MR) is 70.3 cm³/mol. The minimum absolute atomic E-state index is 0.0916. The van der Waals surface area contributed by atoms with Gasteiger partial charge in [0.15, 0.2) is 0 Å². The number of aromatic nitrogens is 1. The summed E-state index contributed by atoms with van der Waals surface area (Å²) in [7, 11) is 0. The van der Waals surface area contributed by atoms with E-state index in [0.29, 0.717) is 11.7 Å². The number of benzene rings is 1. The zero-order chi connectivity index (χ0) is 16.3. The Bertz CT molecular complexity index is 643. The average molecular weight is 314 g/mol. The quantitative estimate of drug-likeness (QED) is 0.942. The molecule has 2 rings (SSSR count). The summed E-state index contributed by atoms with van der Waals surface area (Å²) in [6, 6.07) is 4.62. The summed E-state index contributed by atoms with van der Waals surface area (Å²) in [6.07, 6.45) is -4.76. The summed E-state index contributed by atoms with van der Waals surface area (Å²) in [4.78, 5) is 16.0. The van der Waals surface area contributed by atoms with Gasteiger partial charge < -0.3 is 14.5 Å². The number of amides is 1. The standard InChI is InChI=1S/C14H13F3N2O3/c1-8-9(2)21-12(19-8)7-18-13(20)10-3-5-11(6-4-10)22-14(15,16)17/h3-6H,7H2,1-2H3,(H,18,20). The molecule has 0 atom stereocenters. The predicted octanol–water partition coefficient (Wildman–Crippen LogP) is 3.12. The third-order valence-electron chi connectivity index (χ3n) is 2.82. The molecule has 0 aliphatic heterocycles. The van der Waals surface area contributed by atoms with Crippen molar-refractivity contribution in [1.29, 1.82) is 0 Å². The van der Waals surface area contributed by atoms with Gasteiger partial charge in [0.05, 0.1) is 12.2 Å². The number of carbonyl (C=O) groups excluding carboxylic acids is 1. The molecule has 5 nitrogen and oxygen atoms in total. The molecule has 1 aromatic heterocycles. The maximum absolute atomic E-state index is 12.0. The Morgan fingerprint density at radius 3 is 2.41 bits per heavy atom. The average Bonchev–Trinajstić information content (AvgIpc) is 2.74. The van der Waals surface area contributed by atoms with Gasteiger partial charge in [0.2, 0.25) is 5.89 Å². The second-order valence-corrected chi connectivity index (χ2v) is 4.50. The third-order valence-corrected chi connectivity index (χ3v) is 2.82. The second kappa shape index (κ2) is 6.08. The zero-order valence-corrected chi connectivity index (χ0v) is 11.8. The number of aryl methyl sites for hydroxylation is 2. The molecule has 1 amide bonds. The van der Waals surface area contributed by atoms with Gasteiger partial charge in [-0.15, -0.1) is 13.2 Å². The summed E-state index contributed by atoms with van der Waals surface area (Å²) in [6.45, 7) is 3.63. The van der Waals surface area contributed by atoms with Crippen LogP contribution in [0, 0.1) is 13.8 Å². The van der Waals surface area contributed by atoms with E-state index in [1.807, 2.05) is 0 Å². The summed E-state index contributed by atoms with van der Waals surface area (Å²) in [5.74, 6) is 0.188. The van der Waals surface area contributed by atoms with E-state index in [-0.39, 0.29) is 17.9 Å². The van der Waals surface area contributed by atoms with Crippen LogP contribution in [-0.4, -0.2) is 17.3 Å². The molecule has 1 heterocycles. The molecular weight excluding hydrogens is 301 g/mol. The number of hydrogen-bond acceptors (Lipinski definition) is 4. The molecule has 0 aliphatic carbocycles. The molecule has 1 N–H and O–H groups in total. The van der Waals surface area contributed by atoms with E-state index < -0.39 is 12.3 Å². The smallest absolute Gasteiger partial charge is 0.444 e. The van der Waals surface area contributed by atoms with Gasteiger partial charge in [0.1, 0.15) is 11.5 Å². The molecule has 0 saturated heterocycles. The highest BCUT2D eigenvalue weighted by Gasteiger charge is 2.31. The number of nitrogens with one attached hydrogen (secondary N) is 1. The second-order valence-electron chi connectivity index (χ2n) is 4.50. The Morgan fingerprint density at radius 1 is 1.27 bits per heavy atom. The Morgan fingerprint density at radius 2 is 1.91 bits per heavy atom. The van der Waals surface area contributed by atoms with Crippen LogP contribution in [0.5, 0.6) is 5.75 Å². The SMILES string of the molecule is Cc1nc(CNC(=O)c2ccc(OC(F)(F)F)cc2)oc1C. The van der Waals surface area contributed by atoms with E-state index in [4.69, 9.17) is 4.42 Å². The number of nitrogens with zero attached hydrogens (tertiary/aromatic N) is 1. The first-order chi connectivity index (χ1) is 10.2. The molecule has 0 radical (unpaired) electrons. The van der Waals surface area contributed by atoms with E-state index in [1.165, 1.54) is 12.1 Å². The molecule has 0 bridgehead atoms. The number of hydrogen-bond donors (Lipinski definition) is 1. The van der Waals surface area contributed by atoms with Gasteiger partial charge in [-0.2, -0.15) is 0 Å². The lowest BCUT2D eigenvalue weighted by Crippen LogP contribution is -2.23. The van der Waals surface area contributed by atoms with Crippen molar-refractivity contribution in [2.24, 2.45) is 0 Å². The fourth-order valence-corrected chi connectivity index (χ4v) is 1.68. The van der Waals surface area contributed by atoms with Crippen LogP contribution < -0.4 is 10.1 Å². The fourth-order valence-electron chi connectivity index (χ4n) is 1.68. The molecule has 0 aliphatic rings. The maximum Gasteiger partial charge on any atom is 0.573 e. The maximum atomic E-state index is 12.0. The Hall–Kier alpha value is -2.51. The molecular formula is C14H13F3N2O3. The van der Waals surface area contributed by atoms with Crippen LogP contribution >= 0.6 is 0 Å². The number of rotatable bonds is 4. The van der Waals surface area contributed by atoms with E-state index in [2.05, 4.69) is 15.0 Å². The van der Waals surface area contributed by atoms with Crippen LogP contribution in [-0.2, 0) is 6.54 Å². The lowest BCUT2D eigenvalue weighted by molar-refractivity contribution is -0.274. The number of halogens is 3. The minimum atomic E-state index is -4.76. The molecule has 0 spiro atoms. The van der Waals surface area contributed by atoms with Gasteiger partial charge >= 0.3 is 6.36 Å². The first kappa shape index (κ1) is 15.9. The van der Waals surface area contributed by atoms with Crippen LogP contribution in [0.4, 0.5) is 13.2 Å². The van der Waals surface area contributed by atoms with Gasteiger partial charge in [-0.25, -0.2) is 4.98 Å². The summed E-state index contributed by atoms with van der Waals surface area (Å²) in [5, 5.41) is 2.57. The fraction of sp³-hybridized carbons (Fsp3) is 0.286. The summed E-state index contributed by atoms with van der Waals surface area (Å²) < 4.78 is 45.1. The van der Waals surface area contributed by atoms with Crippen molar-refractivity contribution < 1.29 is 27.1 Å². The van der Waals surface area contributed by atoms with Crippen LogP contribution in [0.2, 0.25) is 0 Å². The normalized spacial score (nSPS) is 11.3. The van der Waals surface area contributed by atoms with Crippen molar-refractivity contribution in [3.8, 4) is 5.75 Å². The number of ether oxygens (including phenoxy) is 1. The van der Waals surface area contributed by atoms with Crippen LogP contribution in [0.15, 0.2) is 28.7 Å². The molecule has 22 heavy (non-hydrogen) atoms. The van der Waals surface area contributed by atoms with Gasteiger partial charge in [-0.05, 0) is 38.1 Å². The topological polar surface area (TPSA) is 64.4 Å². The molecule has 118 valence electrons. The van der Waals surface area contributed by atoms with Gasteiger partial charge in [-0.3, -0.25) is 4.79 Å². The van der Waals surface area contributed by atoms with Gasteiger partial charge in [0, 0.05) is 5.56 Å². The largest absolute Gasteiger partial charge is 0.573 e. The van der Waals surface area contributed by atoms with Crippen molar-refractivity contribution in [3.63, 3.8) is 0 Å². The Balaban J connectivity index is 1.95. The van der Waals surface area contributed by atoms with Gasteiger partial charge in [0.25, 0.3) is 5.91 Å². The third kappa shape index (κ3) is 4.24. The lowest BCUT2D eigenvalue weighted by atomic mass is 10.2. The lowest BCUT2D eigenvalue weighted by Gasteiger charge is -2.09. The zero-order valence-electron chi connectivity index (χ0n) is 11.8. The Kier molecular flexibility index (Phi) is 4.39. The minimum Gasteiger partial charge on any atom is -0.444 e. The summed E-state index contributed by atoms with van der Waals surface area (Å²) >= 11 is 0. The highest BCUT2D eigenvalue weighted by Crippen LogP contribution is 2.22. The summed E-state index contributed by atoms with van der Waals surface area (Å²) in [5.41, 5.74) is 0.937. The molecule has 1 aromatic carbocycles. The monoisotopic (exact) mass is 314 g/mol. The number of alkyl halides is 3.